The maximum atomic E-state index is 13.5. The van der Waals surface area contributed by atoms with E-state index in [0.29, 0.717) is 36.7 Å². The molecule has 4 saturated heterocycles. The van der Waals surface area contributed by atoms with E-state index in [9.17, 15) is 32.3 Å². The van der Waals surface area contributed by atoms with Gasteiger partial charge in [0, 0.05) is 64.3 Å². The Morgan fingerprint density at radius 1 is 0.951 bits per heavy atom. The second-order valence-electron chi connectivity index (χ2n) is 17.2. The van der Waals surface area contributed by atoms with E-state index in [0.717, 1.165) is 98.7 Å². The molecule has 3 amide bonds. The van der Waals surface area contributed by atoms with Crippen LogP contribution in [0.1, 0.15) is 73.2 Å². The fraction of sp³-hybridized carbons (Fsp3) is 0.488. The minimum Gasteiger partial charge on any atom is -0.374 e. The van der Waals surface area contributed by atoms with Gasteiger partial charge in [0.05, 0.1) is 58.4 Å². The van der Waals surface area contributed by atoms with Gasteiger partial charge in [0.2, 0.25) is 11.8 Å². The topological polar surface area (TPSA) is 152 Å². The second kappa shape index (κ2) is 15.3. The monoisotopic (exact) mass is 840 g/mol. The molecule has 2 N–H and O–H groups in total. The Kier molecular flexibility index (Phi) is 9.88. The predicted octanol–water partition coefficient (Wildman–Crippen LogP) is 4.86. The Hall–Kier alpha value is -5.75. The largest absolute Gasteiger partial charge is 0.433 e. The third kappa shape index (κ3) is 7.32. The van der Waals surface area contributed by atoms with Gasteiger partial charge in [-0.1, -0.05) is 12.1 Å². The third-order valence-electron chi connectivity index (χ3n) is 13.4. The molecule has 0 spiro atoms. The number of piperazine rings is 1. The number of anilines is 3. The Bertz CT molecular complexity index is 2600. The molecule has 3 aromatic heterocycles. The number of para-hydroxylation sites is 1. The van der Waals surface area contributed by atoms with Crippen molar-refractivity contribution in [3.63, 3.8) is 0 Å². The molecular weight excluding hydrogens is 794 g/mol. The SMILES string of the molecule is Cn1c(=O)n(C2CCC(=O)NC2=O)c2cccc(N3CCN(CC4CCC(n5cc6cc(NC(=O)c7cccc(C(F)(F)F)n7)c(N7C[C@@H]8C[C@H]7CO8)cc6n5)CC4)CC3)c21. The number of imidazole rings is 1. The lowest BCUT2D eigenvalue weighted by atomic mass is 9.85. The van der Waals surface area contributed by atoms with Crippen LogP contribution in [0.2, 0.25) is 0 Å². The number of nitrogens with one attached hydrogen (secondary N) is 2. The summed E-state index contributed by atoms with van der Waals surface area (Å²) in [6.45, 7) is 5.61. The predicted molar refractivity (Wildman–Crippen MR) is 221 cm³/mol. The number of nitrogens with zero attached hydrogens (tertiary/aromatic N) is 8. The Morgan fingerprint density at radius 3 is 2.46 bits per heavy atom. The number of ether oxygens (including phenoxy) is 1. The maximum absolute atomic E-state index is 13.5. The summed E-state index contributed by atoms with van der Waals surface area (Å²) in [7, 11) is 1.74. The Morgan fingerprint density at radius 2 is 1.74 bits per heavy atom. The molecule has 4 aliphatic heterocycles. The number of imide groups is 1. The molecule has 7 heterocycles. The van der Waals surface area contributed by atoms with Gasteiger partial charge in [-0.25, -0.2) is 9.78 Å². The minimum atomic E-state index is -4.67. The van der Waals surface area contributed by atoms with Crippen molar-refractivity contribution in [1.29, 1.82) is 0 Å². The van der Waals surface area contributed by atoms with Gasteiger partial charge in [-0.05, 0) is 80.8 Å². The molecule has 0 radical (unpaired) electrons. The molecule has 10 rings (SSSR count). The quantitative estimate of drug-likeness (QED) is 0.207. The third-order valence-corrected chi connectivity index (χ3v) is 13.4. The number of pyridine rings is 1. The molecule has 61 heavy (non-hydrogen) atoms. The maximum Gasteiger partial charge on any atom is 0.433 e. The van der Waals surface area contributed by atoms with E-state index in [-0.39, 0.29) is 41.9 Å². The highest BCUT2D eigenvalue weighted by molar-refractivity contribution is 6.06. The van der Waals surface area contributed by atoms with Crippen molar-refractivity contribution in [2.75, 3.05) is 61.0 Å². The van der Waals surface area contributed by atoms with Crippen molar-refractivity contribution in [2.24, 2.45) is 13.0 Å². The number of alkyl halides is 3. The van der Waals surface area contributed by atoms with Crippen molar-refractivity contribution in [1.82, 2.24) is 34.1 Å². The number of carbonyl (C=O) groups excluding carboxylic acids is 3. The molecule has 5 aliphatic rings. The molecule has 1 aliphatic carbocycles. The molecule has 1 unspecified atom stereocenters. The van der Waals surface area contributed by atoms with Crippen molar-refractivity contribution in [2.45, 2.75) is 75.4 Å². The van der Waals surface area contributed by atoms with Crippen LogP contribution in [0.15, 0.2) is 59.5 Å². The lowest BCUT2D eigenvalue weighted by molar-refractivity contribution is -0.141. The smallest absolute Gasteiger partial charge is 0.374 e. The van der Waals surface area contributed by atoms with Gasteiger partial charge < -0.3 is 19.9 Å². The molecule has 1 saturated carbocycles. The van der Waals surface area contributed by atoms with E-state index in [1.165, 1.54) is 16.7 Å². The average Bonchev–Trinajstić information content (AvgIpc) is 4.05. The number of aromatic nitrogens is 5. The highest BCUT2D eigenvalue weighted by Gasteiger charge is 2.41. The summed E-state index contributed by atoms with van der Waals surface area (Å²) in [4.78, 5) is 62.0. The van der Waals surface area contributed by atoms with Gasteiger partial charge in [0.1, 0.15) is 17.4 Å². The number of fused-ring (bicyclic) bond motifs is 4. The lowest BCUT2D eigenvalue weighted by Crippen LogP contribution is -2.48. The first-order valence-electron chi connectivity index (χ1n) is 21.2. The Labute approximate surface area is 348 Å². The number of morpholine rings is 1. The summed E-state index contributed by atoms with van der Waals surface area (Å²) in [6.07, 6.45) is 2.86. The fourth-order valence-corrected chi connectivity index (χ4v) is 10.2. The van der Waals surface area contributed by atoms with Gasteiger partial charge in [-0.3, -0.25) is 38.4 Å². The van der Waals surface area contributed by atoms with Crippen LogP contribution in [-0.4, -0.2) is 105 Å². The van der Waals surface area contributed by atoms with Crippen LogP contribution in [0.3, 0.4) is 0 Å². The normalized spacial score (nSPS) is 24.9. The summed E-state index contributed by atoms with van der Waals surface area (Å²) in [6, 6.07) is 12.6. The van der Waals surface area contributed by atoms with Crippen LogP contribution in [0.5, 0.6) is 0 Å². The molecule has 15 nitrogen and oxygen atoms in total. The number of hydrogen-bond acceptors (Lipinski definition) is 10. The summed E-state index contributed by atoms with van der Waals surface area (Å²) < 4.78 is 51.3. The van der Waals surface area contributed by atoms with Crippen molar-refractivity contribution < 1.29 is 32.3 Å². The zero-order valence-electron chi connectivity index (χ0n) is 33.7. The van der Waals surface area contributed by atoms with Gasteiger partial charge in [-0.15, -0.1) is 0 Å². The van der Waals surface area contributed by atoms with Gasteiger partial charge in [0.15, 0.2) is 0 Å². The van der Waals surface area contributed by atoms with Crippen molar-refractivity contribution in [3.05, 3.63) is 76.6 Å². The number of rotatable bonds is 8. The number of piperidine rings is 1. The molecule has 5 fully saturated rings. The average molecular weight is 841 g/mol. The zero-order chi connectivity index (χ0) is 42.2. The van der Waals surface area contributed by atoms with Gasteiger partial charge in [0.25, 0.3) is 5.91 Å². The Balaban J connectivity index is 0.793. The van der Waals surface area contributed by atoms with Crippen molar-refractivity contribution in [3.8, 4) is 0 Å². The summed E-state index contributed by atoms with van der Waals surface area (Å²) in [5.74, 6) is -0.928. The minimum absolute atomic E-state index is 0.0875. The first-order valence-corrected chi connectivity index (χ1v) is 21.2. The molecule has 2 bridgehead atoms. The fourth-order valence-electron chi connectivity index (χ4n) is 10.2. The van der Waals surface area contributed by atoms with E-state index in [4.69, 9.17) is 9.84 Å². The number of amides is 3. The number of hydrogen-bond donors (Lipinski definition) is 2. The van der Waals surface area contributed by atoms with E-state index >= 15 is 0 Å². The van der Waals surface area contributed by atoms with Crippen LogP contribution in [-0.2, 0) is 27.5 Å². The number of carbonyl (C=O) groups is 3. The number of aryl methyl sites for hydroxylation is 1. The van der Waals surface area contributed by atoms with Gasteiger partial charge >= 0.3 is 11.9 Å². The highest BCUT2D eigenvalue weighted by atomic mass is 19.4. The molecule has 3 atom stereocenters. The zero-order valence-corrected chi connectivity index (χ0v) is 33.7. The second-order valence-corrected chi connectivity index (χ2v) is 17.2. The van der Waals surface area contributed by atoms with Crippen LogP contribution >= 0.6 is 0 Å². The summed E-state index contributed by atoms with van der Waals surface area (Å²) >= 11 is 0. The van der Waals surface area contributed by atoms with Crippen molar-refractivity contribution >= 4 is 56.7 Å². The van der Waals surface area contributed by atoms with E-state index in [1.807, 2.05) is 41.2 Å². The first-order chi connectivity index (χ1) is 29.4. The lowest BCUT2D eigenvalue weighted by Gasteiger charge is -2.39. The van der Waals surface area contributed by atoms with E-state index in [1.54, 1.807) is 11.6 Å². The van der Waals surface area contributed by atoms with E-state index in [2.05, 4.69) is 30.3 Å². The van der Waals surface area contributed by atoms with Crippen LogP contribution < -0.4 is 26.1 Å². The molecule has 320 valence electrons. The van der Waals surface area contributed by atoms with Crippen LogP contribution in [0.25, 0.3) is 21.9 Å². The van der Waals surface area contributed by atoms with Gasteiger partial charge in [-0.2, -0.15) is 18.3 Å². The molecule has 2 aromatic carbocycles. The summed E-state index contributed by atoms with van der Waals surface area (Å²) in [5.41, 5.74) is 2.79. The summed E-state index contributed by atoms with van der Waals surface area (Å²) in [5, 5.41) is 11.1. The molecule has 5 aromatic rings. The molecular formula is C43H47F3N10O5. The molecule has 18 heteroatoms. The first kappa shape index (κ1) is 39.4. The van der Waals surface area contributed by atoms with Crippen LogP contribution in [0, 0.1) is 5.92 Å². The number of benzene rings is 2. The standard InChI is InChI=1S/C43H47F3N10O5/c1-51-39-33(5-3-6-34(39)56(42(51)60)35-12-13-38(57)49-41(35)59)53-16-14-52(15-17-53)21-25-8-10-27(11-9-25)55-22-26-18-32(48-40(58)30-4-2-7-37(47-30)43(44,45)46)36(20-31(26)50-55)54-23-29-19-28(54)24-61-29/h2-7,18,20,22,25,27-29,35H,8-17,19,21,23-24H2,1H3,(H,48,58)(H,49,57,59)/t25?,27?,28-,29-,35?/m0/s1. The highest BCUT2D eigenvalue weighted by Crippen LogP contribution is 2.41. The number of halogens is 3. The van der Waals surface area contributed by atoms with E-state index < -0.39 is 29.7 Å². The van der Waals surface area contributed by atoms with Crippen LogP contribution in [0.4, 0.5) is 30.2 Å².